The van der Waals surface area contributed by atoms with Crippen LogP contribution in [0.2, 0.25) is 0 Å². The highest BCUT2D eigenvalue weighted by Crippen LogP contribution is 2.27. The Kier molecular flexibility index (Phi) is 4.81. The van der Waals surface area contributed by atoms with Crippen molar-refractivity contribution < 1.29 is 14.7 Å². The number of hydrogen-bond acceptors (Lipinski definition) is 3. The zero-order valence-electron chi connectivity index (χ0n) is 14.9. The van der Waals surface area contributed by atoms with E-state index in [1.165, 1.54) is 5.56 Å². The molecule has 3 rings (SSSR count). The second-order valence-corrected chi connectivity index (χ2v) is 6.86. The molecular weight excluding hydrogens is 318 g/mol. The van der Waals surface area contributed by atoms with Gasteiger partial charge in [0.05, 0.1) is 17.6 Å². The summed E-state index contributed by atoms with van der Waals surface area (Å²) in [6.45, 7) is 6.79. The number of carboxylic acid groups (broad SMARTS) is 1. The maximum atomic E-state index is 12.7. The quantitative estimate of drug-likeness (QED) is 0.752. The van der Waals surface area contributed by atoms with Crippen molar-refractivity contribution in [3.63, 3.8) is 0 Å². The van der Waals surface area contributed by atoms with Gasteiger partial charge in [-0.25, -0.2) is 0 Å². The first-order valence-electron chi connectivity index (χ1n) is 8.75. The van der Waals surface area contributed by atoms with Crippen molar-refractivity contribution in [3.8, 4) is 0 Å². The van der Waals surface area contributed by atoms with Crippen LogP contribution in [0.5, 0.6) is 0 Å². The Morgan fingerprint density at radius 3 is 2.68 bits per heavy atom. The molecule has 1 heterocycles. The number of aliphatic carboxylic acids is 1. The van der Waals surface area contributed by atoms with Gasteiger partial charge in [-0.15, -0.1) is 0 Å². The third-order valence-electron chi connectivity index (χ3n) is 5.30. The minimum absolute atomic E-state index is 0.0577. The van der Waals surface area contributed by atoms with Gasteiger partial charge in [0.15, 0.2) is 0 Å². The summed E-state index contributed by atoms with van der Waals surface area (Å²) >= 11 is 0. The van der Waals surface area contributed by atoms with Gasteiger partial charge in [-0.1, -0.05) is 19.1 Å². The first-order chi connectivity index (χ1) is 11.9. The number of rotatable bonds is 6. The van der Waals surface area contributed by atoms with Crippen LogP contribution in [0.25, 0.3) is 10.9 Å². The Balaban J connectivity index is 1.65. The summed E-state index contributed by atoms with van der Waals surface area (Å²) in [5.74, 6) is -0.880. The summed E-state index contributed by atoms with van der Waals surface area (Å²) < 4.78 is 0. The van der Waals surface area contributed by atoms with Crippen LogP contribution in [0.1, 0.15) is 41.4 Å². The molecule has 6 heteroatoms. The van der Waals surface area contributed by atoms with Gasteiger partial charge in [0.1, 0.15) is 0 Å². The average molecular weight is 343 g/mol. The Labute approximate surface area is 147 Å². The summed E-state index contributed by atoms with van der Waals surface area (Å²) in [7, 11) is 0. The number of H-pyrrole nitrogens is 1. The lowest BCUT2D eigenvalue weighted by atomic mass is 9.85. The van der Waals surface area contributed by atoms with Gasteiger partial charge in [0, 0.05) is 23.2 Å². The molecule has 1 saturated carbocycles. The molecule has 0 unspecified atom stereocenters. The molecule has 0 saturated heterocycles. The molecule has 25 heavy (non-hydrogen) atoms. The van der Waals surface area contributed by atoms with Gasteiger partial charge < -0.3 is 15.4 Å². The number of nitrogens with zero attached hydrogens (tertiary/aromatic N) is 1. The normalized spacial score (nSPS) is 19.8. The minimum atomic E-state index is -0.807. The van der Waals surface area contributed by atoms with Crippen molar-refractivity contribution in [2.24, 2.45) is 0 Å². The summed E-state index contributed by atoms with van der Waals surface area (Å²) in [5.41, 5.74) is 3.79. The summed E-state index contributed by atoms with van der Waals surface area (Å²) in [6.07, 6.45) is 1.59. The van der Waals surface area contributed by atoms with E-state index < -0.39 is 5.97 Å². The molecule has 1 amide bonds. The van der Waals surface area contributed by atoms with Crippen LogP contribution in [0, 0.1) is 13.8 Å². The van der Waals surface area contributed by atoms with E-state index in [-0.39, 0.29) is 24.5 Å². The number of hydrogen-bond donors (Lipinski definition) is 3. The number of aromatic nitrogens is 1. The molecule has 3 N–H and O–H groups in total. The van der Waals surface area contributed by atoms with E-state index in [0.717, 1.165) is 29.4 Å². The highest BCUT2D eigenvalue weighted by Gasteiger charge is 2.35. The van der Waals surface area contributed by atoms with Crippen LogP contribution in [0.4, 0.5) is 0 Å². The SMILES string of the molecule is CCN(CC(=O)O)C1CC(NC(=O)c2cccc3c(C)c(C)[nH]c23)C1. The molecule has 0 atom stereocenters. The summed E-state index contributed by atoms with van der Waals surface area (Å²) in [6, 6.07) is 6.11. The number of carboxylic acids is 1. The van der Waals surface area contributed by atoms with E-state index >= 15 is 0 Å². The molecule has 1 aromatic heterocycles. The molecule has 0 aliphatic heterocycles. The molecule has 6 nitrogen and oxygen atoms in total. The van der Waals surface area contributed by atoms with Gasteiger partial charge >= 0.3 is 5.97 Å². The van der Waals surface area contributed by atoms with Crippen LogP contribution < -0.4 is 5.32 Å². The Morgan fingerprint density at radius 2 is 2.04 bits per heavy atom. The molecule has 1 fully saturated rings. The fraction of sp³-hybridized carbons (Fsp3) is 0.474. The Bertz CT molecular complexity index is 806. The van der Waals surface area contributed by atoms with Crippen molar-refractivity contribution >= 4 is 22.8 Å². The first kappa shape index (κ1) is 17.5. The van der Waals surface area contributed by atoms with Gasteiger partial charge in [0.25, 0.3) is 5.91 Å². The van der Waals surface area contributed by atoms with Crippen molar-refractivity contribution in [2.75, 3.05) is 13.1 Å². The molecule has 1 aliphatic rings. The van der Waals surface area contributed by atoms with Gasteiger partial charge in [-0.2, -0.15) is 0 Å². The van der Waals surface area contributed by atoms with E-state index in [2.05, 4.69) is 10.3 Å². The summed E-state index contributed by atoms with van der Waals surface area (Å²) in [4.78, 5) is 28.8. The topological polar surface area (TPSA) is 85.4 Å². The van der Waals surface area contributed by atoms with Crippen molar-refractivity contribution in [1.82, 2.24) is 15.2 Å². The second-order valence-electron chi connectivity index (χ2n) is 6.86. The van der Waals surface area contributed by atoms with E-state index in [1.54, 1.807) is 0 Å². The third kappa shape index (κ3) is 3.39. The maximum absolute atomic E-state index is 12.7. The number of aromatic amines is 1. The zero-order valence-corrected chi connectivity index (χ0v) is 14.9. The predicted octanol–water partition coefficient (Wildman–Crippen LogP) is 2.45. The van der Waals surface area contributed by atoms with E-state index in [9.17, 15) is 9.59 Å². The Hall–Kier alpha value is -2.34. The number of amides is 1. The van der Waals surface area contributed by atoms with Crippen LogP contribution in [-0.4, -0.2) is 52.0 Å². The molecule has 2 aromatic rings. The molecule has 134 valence electrons. The van der Waals surface area contributed by atoms with E-state index in [0.29, 0.717) is 12.1 Å². The first-order valence-corrected chi connectivity index (χ1v) is 8.75. The van der Waals surface area contributed by atoms with Crippen molar-refractivity contribution in [1.29, 1.82) is 0 Å². The maximum Gasteiger partial charge on any atom is 0.317 e. The molecule has 1 aliphatic carbocycles. The highest BCUT2D eigenvalue weighted by molar-refractivity contribution is 6.06. The number of para-hydroxylation sites is 1. The van der Waals surface area contributed by atoms with E-state index in [4.69, 9.17) is 5.11 Å². The van der Waals surface area contributed by atoms with Crippen LogP contribution in [0.3, 0.4) is 0 Å². The molecular formula is C19H25N3O3. The van der Waals surface area contributed by atoms with Gasteiger partial charge in [-0.05, 0) is 44.9 Å². The predicted molar refractivity (Wildman–Crippen MR) is 96.9 cm³/mol. The van der Waals surface area contributed by atoms with Gasteiger partial charge in [0.2, 0.25) is 0 Å². The Morgan fingerprint density at radius 1 is 1.32 bits per heavy atom. The molecule has 0 radical (unpaired) electrons. The number of nitrogens with one attached hydrogen (secondary N) is 2. The van der Waals surface area contributed by atoms with Gasteiger partial charge in [-0.3, -0.25) is 14.5 Å². The fourth-order valence-corrected chi connectivity index (χ4v) is 3.61. The summed E-state index contributed by atoms with van der Waals surface area (Å²) in [5, 5.41) is 13.1. The van der Waals surface area contributed by atoms with Crippen LogP contribution in [-0.2, 0) is 4.79 Å². The standard InChI is InChI=1S/C19H25N3O3/c1-4-22(10-17(23)24)14-8-13(9-14)21-19(25)16-7-5-6-15-11(2)12(3)20-18(15)16/h5-7,13-14,20H,4,8-10H2,1-3H3,(H,21,25)(H,23,24). The minimum Gasteiger partial charge on any atom is -0.480 e. The lowest BCUT2D eigenvalue weighted by Crippen LogP contribution is -2.54. The number of benzene rings is 1. The monoisotopic (exact) mass is 343 g/mol. The van der Waals surface area contributed by atoms with Crippen molar-refractivity contribution in [2.45, 2.75) is 45.7 Å². The number of carbonyl (C=O) groups is 2. The lowest BCUT2D eigenvalue weighted by molar-refractivity contribution is -0.139. The molecule has 0 bridgehead atoms. The molecule has 0 spiro atoms. The van der Waals surface area contributed by atoms with Crippen LogP contribution >= 0.6 is 0 Å². The average Bonchev–Trinajstić information content (AvgIpc) is 2.83. The second kappa shape index (κ2) is 6.88. The zero-order chi connectivity index (χ0) is 18.1. The number of carbonyl (C=O) groups excluding carboxylic acids is 1. The van der Waals surface area contributed by atoms with Crippen molar-refractivity contribution in [3.05, 3.63) is 35.0 Å². The number of likely N-dealkylation sites (N-methyl/N-ethyl adjacent to an activating group) is 1. The van der Waals surface area contributed by atoms with E-state index in [1.807, 2.05) is 43.9 Å². The van der Waals surface area contributed by atoms with Crippen LogP contribution in [0.15, 0.2) is 18.2 Å². The molecule has 1 aromatic carbocycles. The third-order valence-corrected chi connectivity index (χ3v) is 5.30. The number of fused-ring (bicyclic) bond motifs is 1. The highest BCUT2D eigenvalue weighted by atomic mass is 16.4. The number of aryl methyl sites for hydroxylation is 2. The largest absolute Gasteiger partial charge is 0.480 e. The lowest BCUT2D eigenvalue weighted by Gasteiger charge is -2.42. The smallest absolute Gasteiger partial charge is 0.317 e. The fourth-order valence-electron chi connectivity index (χ4n) is 3.61.